The molecule has 174 valence electrons. The number of fused-ring (bicyclic) bond motifs is 1. The van der Waals surface area contributed by atoms with E-state index in [0.717, 1.165) is 12.8 Å². The Kier molecular flexibility index (Phi) is 5.75. The number of hydrogen-bond donors (Lipinski definition) is 2. The van der Waals surface area contributed by atoms with Crippen LogP contribution in [0.5, 0.6) is 0 Å². The van der Waals surface area contributed by atoms with Crippen LogP contribution >= 0.6 is 0 Å². The van der Waals surface area contributed by atoms with E-state index in [1.165, 1.54) is 36.1 Å². The SMILES string of the molecule is CC(OC(=O)c1ccc(S(=O)(=O)NC2CC2)cc1)C(=O)N1c2ccccc2NC(=O)C1(C)C. The Morgan fingerprint density at radius 3 is 2.39 bits per heavy atom. The second-order valence-electron chi connectivity index (χ2n) is 8.67. The average Bonchev–Trinajstić information content (AvgIpc) is 3.57. The number of benzene rings is 2. The molecule has 9 nitrogen and oxygen atoms in total. The molecule has 2 aromatic carbocycles. The second-order valence-corrected chi connectivity index (χ2v) is 10.4. The van der Waals surface area contributed by atoms with Gasteiger partial charge in [0.05, 0.1) is 21.8 Å². The highest BCUT2D eigenvalue weighted by Gasteiger charge is 2.45. The molecule has 33 heavy (non-hydrogen) atoms. The first-order chi connectivity index (χ1) is 15.5. The second kappa shape index (κ2) is 8.27. The molecule has 1 fully saturated rings. The van der Waals surface area contributed by atoms with E-state index < -0.39 is 33.5 Å². The summed E-state index contributed by atoms with van der Waals surface area (Å²) < 4.78 is 32.5. The van der Waals surface area contributed by atoms with Gasteiger partial charge in [0.15, 0.2) is 6.10 Å². The molecule has 1 aliphatic carbocycles. The summed E-state index contributed by atoms with van der Waals surface area (Å²) in [6.07, 6.45) is 0.445. The molecule has 1 aliphatic heterocycles. The lowest BCUT2D eigenvalue weighted by Gasteiger charge is -2.42. The normalized spacial score (nSPS) is 18.2. The van der Waals surface area contributed by atoms with Crippen LogP contribution in [-0.4, -0.2) is 43.9 Å². The monoisotopic (exact) mass is 471 g/mol. The largest absolute Gasteiger partial charge is 0.449 e. The molecule has 2 aromatic rings. The Labute approximate surface area is 192 Å². The van der Waals surface area contributed by atoms with Crippen LogP contribution < -0.4 is 14.9 Å². The molecule has 1 unspecified atom stereocenters. The standard InChI is InChI=1S/C23H25N3O6S/c1-14(20(27)26-19-7-5-4-6-18(19)24-22(29)23(26,2)3)32-21(28)15-8-12-17(13-9-15)33(30,31)25-16-10-11-16/h4-9,12-14,16,25H,10-11H2,1-3H3,(H,24,29). The van der Waals surface area contributed by atoms with Crippen LogP contribution in [0.25, 0.3) is 0 Å². The van der Waals surface area contributed by atoms with Crippen LogP contribution in [0, 0.1) is 0 Å². The Morgan fingerprint density at radius 1 is 1.12 bits per heavy atom. The van der Waals surface area contributed by atoms with Crippen LogP contribution in [0.4, 0.5) is 11.4 Å². The number of carbonyl (C=O) groups is 3. The Hall–Kier alpha value is -3.24. The summed E-state index contributed by atoms with van der Waals surface area (Å²) in [6.45, 7) is 4.66. The van der Waals surface area contributed by atoms with Crippen molar-refractivity contribution in [3.8, 4) is 0 Å². The molecule has 2 aliphatic rings. The van der Waals surface area contributed by atoms with E-state index in [1.807, 2.05) is 0 Å². The molecular weight excluding hydrogens is 446 g/mol. The fourth-order valence-corrected chi connectivity index (χ4v) is 4.87. The number of para-hydroxylation sites is 2. The lowest BCUT2D eigenvalue weighted by Crippen LogP contribution is -2.60. The number of esters is 1. The number of nitrogens with zero attached hydrogens (tertiary/aromatic N) is 1. The van der Waals surface area contributed by atoms with E-state index in [0.29, 0.717) is 11.4 Å². The van der Waals surface area contributed by atoms with Crippen LogP contribution in [0.15, 0.2) is 53.4 Å². The van der Waals surface area contributed by atoms with Crippen LogP contribution in [0.1, 0.15) is 44.0 Å². The number of rotatable bonds is 6. The molecule has 0 radical (unpaired) electrons. The van der Waals surface area contributed by atoms with Crippen molar-refractivity contribution < 1.29 is 27.5 Å². The maximum absolute atomic E-state index is 13.3. The molecule has 0 saturated heterocycles. The van der Waals surface area contributed by atoms with Crippen molar-refractivity contribution in [1.29, 1.82) is 0 Å². The molecule has 0 aromatic heterocycles. The van der Waals surface area contributed by atoms with E-state index >= 15 is 0 Å². The topological polar surface area (TPSA) is 122 Å². The Morgan fingerprint density at radius 2 is 1.76 bits per heavy atom. The van der Waals surface area contributed by atoms with Gasteiger partial charge >= 0.3 is 5.97 Å². The molecule has 1 saturated carbocycles. The molecule has 1 atom stereocenters. The number of carbonyl (C=O) groups excluding carboxylic acids is 3. The number of amides is 2. The predicted molar refractivity (Wildman–Crippen MR) is 121 cm³/mol. The Balaban J connectivity index is 1.50. The summed E-state index contributed by atoms with van der Waals surface area (Å²) in [7, 11) is -3.64. The van der Waals surface area contributed by atoms with Crippen LogP contribution in [-0.2, 0) is 24.3 Å². The number of hydrogen-bond acceptors (Lipinski definition) is 6. The van der Waals surface area contributed by atoms with E-state index in [-0.39, 0.29) is 22.4 Å². The zero-order chi connectivity index (χ0) is 24.0. The first kappa shape index (κ1) is 22.9. The maximum atomic E-state index is 13.3. The number of nitrogens with one attached hydrogen (secondary N) is 2. The van der Waals surface area contributed by atoms with E-state index in [4.69, 9.17) is 4.74 Å². The van der Waals surface area contributed by atoms with Gasteiger partial charge in [0.1, 0.15) is 5.54 Å². The third-order valence-corrected chi connectivity index (χ3v) is 7.20. The van der Waals surface area contributed by atoms with Gasteiger partial charge in [0.25, 0.3) is 5.91 Å². The van der Waals surface area contributed by atoms with Crippen molar-refractivity contribution in [3.05, 3.63) is 54.1 Å². The van der Waals surface area contributed by atoms with Crippen molar-refractivity contribution in [2.75, 3.05) is 10.2 Å². The summed E-state index contributed by atoms with van der Waals surface area (Å²) in [5.74, 6) is -1.68. The minimum atomic E-state index is -3.64. The van der Waals surface area contributed by atoms with Gasteiger partial charge < -0.3 is 10.1 Å². The summed E-state index contributed by atoms with van der Waals surface area (Å²) in [5, 5.41) is 2.78. The van der Waals surface area contributed by atoms with Crippen molar-refractivity contribution in [2.45, 2.75) is 56.2 Å². The van der Waals surface area contributed by atoms with Gasteiger partial charge in [-0.2, -0.15) is 0 Å². The van der Waals surface area contributed by atoms with Gasteiger partial charge in [-0.15, -0.1) is 0 Å². The van der Waals surface area contributed by atoms with E-state index in [1.54, 1.807) is 38.1 Å². The molecule has 0 spiro atoms. The van der Waals surface area contributed by atoms with Crippen molar-refractivity contribution >= 4 is 39.2 Å². The summed E-state index contributed by atoms with van der Waals surface area (Å²) in [4.78, 5) is 39.8. The molecule has 4 rings (SSSR count). The molecule has 0 bridgehead atoms. The molecule has 2 amide bonds. The lowest BCUT2D eigenvalue weighted by atomic mass is 9.95. The smallest absolute Gasteiger partial charge is 0.338 e. The quantitative estimate of drug-likeness (QED) is 0.624. The van der Waals surface area contributed by atoms with E-state index in [2.05, 4.69) is 10.0 Å². The van der Waals surface area contributed by atoms with Crippen molar-refractivity contribution in [3.63, 3.8) is 0 Å². The maximum Gasteiger partial charge on any atom is 0.338 e. The highest BCUT2D eigenvalue weighted by molar-refractivity contribution is 7.89. The van der Waals surface area contributed by atoms with Gasteiger partial charge in [-0.05, 0) is 70.0 Å². The summed E-state index contributed by atoms with van der Waals surface area (Å²) >= 11 is 0. The zero-order valence-corrected chi connectivity index (χ0v) is 19.3. The van der Waals surface area contributed by atoms with Crippen molar-refractivity contribution in [2.24, 2.45) is 0 Å². The molecule has 1 heterocycles. The third-order valence-electron chi connectivity index (χ3n) is 5.66. The first-order valence-electron chi connectivity index (χ1n) is 10.6. The predicted octanol–water partition coefficient (Wildman–Crippen LogP) is 2.44. The summed E-state index contributed by atoms with van der Waals surface area (Å²) in [5.41, 5.74) is -0.0921. The van der Waals surface area contributed by atoms with Gasteiger partial charge in [-0.25, -0.2) is 17.9 Å². The fraction of sp³-hybridized carbons (Fsp3) is 0.348. The fourth-order valence-electron chi connectivity index (χ4n) is 3.57. The van der Waals surface area contributed by atoms with Gasteiger partial charge in [0, 0.05) is 6.04 Å². The molecule has 10 heteroatoms. The van der Waals surface area contributed by atoms with Crippen molar-refractivity contribution in [1.82, 2.24) is 4.72 Å². The average molecular weight is 472 g/mol. The van der Waals surface area contributed by atoms with Gasteiger partial charge in [-0.3, -0.25) is 14.5 Å². The molecule has 2 N–H and O–H groups in total. The molecular formula is C23H25N3O6S. The van der Waals surface area contributed by atoms with Crippen LogP contribution in [0.2, 0.25) is 0 Å². The van der Waals surface area contributed by atoms with E-state index in [9.17, 15) is 22.8 Å². The highest BCUT2D eigenvalue weighted by atomic mass is 32.2. The first-order valence-corrected chi connectivity index (χ1v) is 12.1. The van der Waals surface area contributed by atoms with Crippen LogP contribution in [0.3, 0.4) is 0 Å². The lowest BCUT2D eigenvalue weighted by molar-refractivity contribution is -0.131. The zero-order valence-electron chi connectivity index (χ0n) is 18.5. The Bertz CT molecular complexity index is 1220. The summed E-state index contributed by atoms with van der Waals surface area (Å²) in [6, 6.07) is 12.2. The van der Waals surface area contributed by atoms with Gasteiger partial charge in [0.2, 0.25) is 15.9 Å². The minimum Gasteiger partial charge on any atom is -0.449 e. The number of ether oxygens (including phenoxy) is 1. The minimum absolute atomic E-state index is 0.0299. The number of anilines is 2. The van der Waals surface area contributed by atoms with Gasteiger partial charge in [-0.1, -0.05) is 12.1 Å². The number of sulfonamides is 1. The highest BCUT2D eigenvalue weighted by Crippen LogP contribution is 2.37. The third kappa shape index (κ3) is 4.49.